The summed E-state index contributed by atoms with van der Waals surface area (Å²) in [5.74, 6) is -0.544. The summed E-state index contributed by atoms with van der Waals surface area (Å²) in [6, 6.07) is 0. The van der Waals surface area contributed by atoms with Crippen molar-refractivity contribution in [2.45, 2.75) is 0 Å². The van der Waals surface area contributed by atoms with Crippen molar-refractivity contribution in [1.29, 1.82) is 0 Å². The first-order valence-electron chi connectivity index (χ1n) is 2.42. The van der Waals surface area contributed by atoms with E-state index in [1.165, 1.54) is 6.33 Å². The van der Waals surface area contributed by atoms with Gasteiger partial charge in [0, 0.05) is 0 Å². The molecule has 0 saturated heterocycles. The highest BCUT2D eigenvalue weighted by Crippen LogP contribution is 1.78. The van der Waals surface area contributed by atoms with E-state index in [2.05, 4.69) is 15.2 Å². The number of carbonyl (C=O) groups excluding carboxylic acids is 1. The minimum absolute atomic E-state index is 0.0463. The summed E-state index contributed by atoms with van der Waals surface area (Å²) in [7, 11) is 0. The van der Waals surface area contributed by atoms with Crippen LogP contribution in [0.1, 0.15) is 10.6 Å². The van der Waals surface area contributed by atoms with Gasteiger partial charge >= 0.3 is 0 Å². The maximum Gasteiger partial charge on any atom is 0.286 e. The molecule has 5 nitrogen and oxygen atoms in total. The van der Waals surface area contributed by atoms with Gasteiger partial charge in [0.15, 0.2) is 1.41 Å². The van der Waals surface area contributed by atoms with Crippen LogP contribution < -0.4 is 5.73 Å². The Morgan fingerprint density at radius 2 is 3.00 bits per heavy atom. The molecule has 0 bridgehead atoms. The molecule has 5 heteroatoms. The average molecular weight is 113 g/mol. The van der Waals surface area contributed by atoms with Gasteiger partial charge in [-0.15, -0.1) is 0 Å². The van der Waals surface area contributed by atoms with Crippen LogP contribution in [-0.4, -0.2) is 21.1 Å². The number of aromatic amines is 1. The van der Waals surface area contributed by atoms with Gasteiger partial charge in [0.1, 0.15) is 6.33 Å². The smallest absolute Gasteiger partial charge is 0.286 e. The van der Waals surface area contributed by atoms with E-state index in [1.807, 2.05) is 0 Å². The Labute approximate surface area is 46.4 Å². The number of H-pyrrole nitrogens is 1. The normalized spacial score (nSPS) is 10.2. The summed E-state index contributed by atoms with van der Waals surface area (Å²) in [4.78, 5) is 13.9. The maximum absolute atomic E-state index is 10.4. The maximum atomic E-state index is 10.4. The van der Waals surface area contributed by atoms with E-state index in [1.54, 1.807) is 5.73 Å². The van der Waals surface area contributed by atoms with Gasteiger partial charge in [-0.05, 0) is 0 Å². The van der Waals surface area contributed by atoms with Crippen LogP contribution in [0.2, 0.25) is 1.41 Å². The highest BCUT2D eigenvalue weighted by Gasteiger charge is 1.98. The predicted octanol–water partition coefficient (Wildman–Crippen LogP) is -1.10. The molecule has 1 aromatic heterocycles. The van der Waals surface area contributed by atoms with Crippen LogP contribution in [-0.2, 0) is 0 Å². The molecule has 0 saturated carbocycles. The van der Waals surface area contributed by atoms with E-state index in [9.17, 15) is 4.79 Å². The Morgan fingerprint density at radius 3 is 3.50 bits per heavy atom. The minimum atomic E-state index is -0.590. The Bertz CT molecular complexity index is 196. The fourth-order valence-electron chi connectivity index (χ4n) is 0.315. The molecule has 8 heavy (non-hydrogen) atoms. The molecule has 0 aromatic carbocycles. The van der Waals surface area contributed by atoms with Crippen LogP contribution in [0.15, 0.2) is 6.33 Å². The first kappa shape index (κ1) is 3.59. The summed E-state index contributed by atoms with van der Waals surface area (Å²) in [5.41, 5.74) is 1.64. The highest BCUT2D eigenvalue weighted by atomic mass is 16.1. The lowest BCUT2D eigenvalue weighted by atomic mass is 10.6. The first-order valence-corrected chi connectivity index (χ1v) is 1.92. The standard InChI is InChI=1S/C3H4N4O/c4-2(8)3-5-1-6-7-3/h1H,(H2,4,8)(H,5,6,7)/i/hD. The van der Waals surface area contributed by atoms with Gasteiger partial charge in [-0.2, -0.15) is 5.10 Å². The number of nitrogens with one attached hydrogen (secondary N) is 1. The van der Waals surface area contributed by atoms with Gasteiger partial charge in [0.2, 0.25) is 5.82 Å². The van der Waals surface area contributed by atoms with E-state index in [0.717, 1.165) is 0 Å². The molecular formula is C3H4N4O. The highest BCUT2D eigenvalue weighted by molar-refractivity contribution is 5.88. The monoisotopic (exact) mass is 113 g/mol. The van der Waals surface area contributed by atoms with E-state index < -0.39 is 5.91 Å². The number of hydrogen-bond donors (Lipinski definition) is 2. The molecule has 1 rings (SSSR count). The van der Waals surface area contributed by atoms with Crippen LogP contribution in [0.25, 0.3) is 0 Å². The Kier molecular flexibility index (Phi) is 0.722. The molecule has 0 atom stereocenters. The molecule has 0 aliphatic carbocycles. The van der Waals surface area contributed by atoms with E-state index in [0.29, 0.717) is 0 Å². The van der Waals surface area contributed by atoms with Crippen molar-refractivity contribution in [3.63, 3.8) is 0 Å². The van der Waals surface area contributed by atoms with Crippen LogP contribution in [0.3, 0.4) is 0 Å². The number of carbonyl (C=O) groups is 1. The number of aromatic nitrogens is 3. The molecular weight excluding hydrogens is 108 g/mol. The van der Waals surface area contributed by atoms with Crippen molar-refractivity contribution in [3.8, 4) is 0 Å². The van der Waals surface area contributed by atoms with Crippen molar-refractivity contribution in [2.75, 3.05) is 0 Å². The number of amides is 1. The van der Waals surface area contributed by atoms with Crippen molar-refractivity contribution < 1.29 is 6.21 Å². The Hall–Kier alpha value is -1.39. The molecule has 0 aliphatic rings. The number of nitrogens with two attached hydrogens (primary N) is 1. The Balaban J connectivity index is 2.77. The lowest BCUT2D eigenvalue weighted by Gasteiger charge is -1.78. The lowest BCUT2D eigenvalue weighted by molar-refractivity contribution is 0.0991. The minimum Gasteiger partial charge on any atom is -0.363 e. The van der Waals surface area contributed by atoms with E-state index >= 15 is 0 Å². The lowest BCUT2D eigenvalue weighted by Crippen LogP contribution is -2.12. The van der Waals surface area contributed by atoms with Gasteiger partial charge in [-0.25, -0.2) is 4.98 Å². The second-order valence-corrected chi connectivity index (χ2v) is 1.16. The van der Waals surface area contributed by atoms with Gasteiger partial charge in [0.25, 0.3) is 5.91 Å². The van der Waals surface area contributed by atoms with Crippen molar-refractivity contribution in [3.05, 3.63) is 12.2 Å². The summed E-state index contributed by atoms with van der Waals surface area (Å²) in [6.45, 7) is 0. The quantitative estimate of drug-likeness (QED) is 0.485. The topological polar surface area (TPSA) is 84.7 Å². The summed E-state index contributed by atoms with van der Waals surface area (Å²) < 4.78 is 6.40. The average Bonchev–Trinajstić information content (AvgIpc) is 2.37. The fraction of sp³-hybridized carbons (Fsp3) is 0. The SMILES string of the molecule is [2H]NC(=O)c1ncn[nH]1. The zero-order chi connectivity index (χ0) is 6.69. The largest absolute Gasteiger partial charge is 0.363 e. The number of nitrogens with zero attached hydrogens (tertiary/aromatic N) is 2. The van der Waals surface area contributed by atoms with E-state index in [-0.39, 0.29) is 5.82 Å². The second kappa shape index (κ2) is 1.61. The molecule has 3 N–H and O–H groups in total. The molecule has 1 heterocycles. The molecule has 0 fully saturated rings. The fourth-order valence-corrected chi connectivity index (χ4v) is 0.315. The summed E-state index contributed by atoms with van der Waals surface area (Å²) in [5, 5.41) is 5.71. The number of hydrogen-bond acceptors (Lipinski definition) is 3. The van der Waals surface area contributed by atoms with Crippen LogP contribution in [0.5, 0.6) is 0 Å². The van der Waals surface area contributed by atoms with Crippen LogP contribution >= 0.6 is 0 Å². The van der Waals surface area contributed by atoms with Crippen molar-refractivity contribution in [1.82, 2.24) is 15.2 Å². The molecule has 1 aromatic rings. The molecule has 42 valence electrons. The van der Waals surface area contributed by atoms with Crippen LogP contribution in [0.4, 0.5) is 0 Å². The Morgan fingerprint density at radius 1 is 2.12 bits per heavy atom. The van der Waals surface area contributed by atoms with Gasteiger partial charge in [0.05, 0.1) is 0 Å². The predicted molar refractivity (Wildman–Crippen MR) is 24.9 cm³/mol. The third-order valence-electron chi connectivity index (χ3n) is 0.630. The van der Waals surface area contributed by atoms with Gasteiger partial charge in [-0.3, -0.25) is 9.89 Å². The van der Waals surface area contributed by atoms with Gasteiger partial charge in [-0.1, -0.05) is 0 Å². The number of rotatable bonds is 1. The zero-order valence-electron chi connectivity index (χ0n) is 4.88. The first-order chi connectivity index (χ1) is 4.34. The third kappa shape index (κ3) is 0.651. The van der Waals surface area contributed by atoms with Crippen molar-refractivity contribution >= 4 is 5.91 Å². The summed E-state index contributed by atoms with van der Waals surface area (Å²) in [6.07, 6.45) is 1.20. The van der Waals surface area contributed by atoms with Gasteiger partial charge < -0.3 is 5.73 Å². The number of primary amides is 1. The van der Waals surface area contributed by atoms with E-state index in [4.69, 9.17) is 1.41 Å². The molecule has 1 amide bonds. The molecule has 0 spiro atoms. The molecule has 0 unspecified atom stereocenters. The molecule has 0 radical (unpaired) electrons. The zero-order valence-corrected chi connectivity index (χ0v) is 3.88. The van der Waals surface area contributed by atoms with Crippen molar-refractivity contribution in [2.24, 2.45) is 5.73 Å². The summed E-state index contributed by atoms with van der Waals surface area (Å²) >= 11 is 0. The second-order valence-electron chi connectivity index (χ2n) is 1.16. The van der Waals surface area contributed by atoms with Crippen LogP contribution in [0, 0.1) is 0 Å². The molecule has 0 aliphatic heterocycles. The third-order valence-corrected chi connectivity index (χ3v) is 0.630.